The number of imidazole rings is 1. The number of anilines is 1. The van der Waals surface area contributed by atoms with Gasteiger partial charge in [-0.05, 0) is 40.2 Å². The maximum absolute atomic E-state index is 14.2. The summed E-state index contributed by atoms with van der Waals surface area (Å²) in [7, 11) is 1.43. The van der Waals surface area contributed by atoms with Crippen molar-refractivity contribution in [1.82, 2.24) is 24.3 Å². The molecule has 2 aliphatic rings. The third-order valence-corrected chi connectivity index (χ3v) is 6.33. The number of pyridine rings is 1. The van der Waals surface area contributed by atoms with Crippen molar-refractivity contribution >= 4 is 17.6 Å². The van der Waals surface area contributed by atoms with E-state index < -0.39 is 23.4 Å². The van der Waals surface area contributed by atoms with Crippen LogP contribution in [0.4, 0.5) is 23.8 Å². The fourth-order valence-electron chi connectivity index (χ4n) is 4.87. The van der Waals surface area contributed by atoms with Crippen LogP contribution in [0.15, 0.2) is 24.7 Å². The minimum Gasteiger partial charge on any atom is -0.478 e. The van der Waals surface area contributed by atoms with E-state index in [4.69, 9.17) is 9.47 Å². The van der Waals surface area contributed by atoms with E-state index in [9.17, 15) is 18.0 Å². The molecule has 3 aromatic rings. The molecule has 5 rings (SSSR count). The second kappa shape index (κ2) is 8.24. The first-order valence-corrected chi connectivity index (χ1v) is 11.6. The largest absolute Gasteiger partial charge is 0.478 e. The number of carbonyl (C=O) groups excluding carboxylic acids is 1. The summed E-state index contributed by atoms with van der Waals surface area (Å²) in [6.45, 7) is 7.69. The van der Waals surface area contributed by atoms with E-state index in [-0.39, 0.29) is 48.1 Å². The maximum Gasteiger partial charge on any atom is 0.419 e. The Morgan fingerprint density at radius 1 is 1.11 bits per heavy atom. The van der Waals surface area contributed by atoms with Crippen LogP contribution in [0.3, 0.4) is 0 Å². The number of aryl methyl sites for hydroxylation is 1. The highest BCUT2D eigenvalue weighted by molar-refractivity contribution is 5.71. The van der Waals surface area contributed by atoms with Crippen LogP contribution in [0.2, 0.25) is 0 Å². The maximum atomic E-state index is 14.2. The monoisotopic (exact) mass is 504 g/mol. The number of alkyl halides is 3. The van der Waals surface area contributed by atoms with E-state index in [1.807, 2.05) is 0 Å². The summed E-state index contributed by atoms with van der Waals surface area (Å²) < 4.78 is 55.1. The number of amides is 1. The molecular weight excluding hydrogens is 477 g/mol. The molecule has 0 aliphatic carbocycles. The first-order valence-electron chi connectivity index (χ1n) is 11.6. The summed E-state index contributed by atoms with van der Waals surface area (Å²) in [6.07, 6.45) is 0.219. The van der Waals surface area contributed by atoms with E-state index >= 15 is 0 Å². The molecule has 3 aromatic heterocycles. The lowest BCUT2D eigenvalue weighted by atomic mass is 10.1. The lowest BCUT2D eigenvalue weighted by Crippen LogP contribution is -2.50. The number of halogens is 3. The zero-order valence-electron chi connectivity index (χ0n) is 20.6. The van der Waals surface area contributed by atoms with Crippen molar-refractivity contribution in [2.75, 3.05) is 25.1 Å². The van der Waals surface area contributed by atoms with E-state index in [0.717, 1.165) is 11.8 Å². The second-order valence-electron chi connectivity index (χ2n) is 10.2. The summed E-state index contributed by atoms with van der Waals surface area (Å²) >= 11 is 0. The molecule has 36 heavy (non-hydrogen) atoms. The van der Waals surface area contributed by atoms with Crippen molar-refractivity contribution in [2.45, 2.75) is 58.0 Å². The molecule has 2 fully saturated rings. The van der Waals surface area contributed by atoms with E-state index in [1.54, 1.807) is 54.3 Å². The summed E-state index contributed by atoms with van der Waals surface area (Å²) in [5.41, 5.74) is 0.189. The van der Waals surface area contributed by atoms with Gasteiger partial charge in [0, 0.05) is 37.2 Å². The average molecular weight is 505 g/mol. The van der Waals surface area contributed by atoms with Gasteiger partial charge in [-0.25, -0.2) is 19.7 Å². The molecule has 0 spiro atoms. The fraction of sp³-hybridized carbons (Fsp3) is 0.500. The minimum absolute atomic E-state index is 0.144. The standard InChI is InChI=1S/C24H27F3N6O3/c1-13-9-31-12-18(30-21(35-5)20(31)29-13)14-6-17(24(25,26)27)19(28-8-14)32-10-16-7-15(32)11-33(16)22(34)36-23(2,3)4/h6,8-9,12,15-16H,7,10-11H2,1-5H3/t15-,16-/m0/s1. The third kappa shape index (κ3) is 4.28. The van der Waals surface area contributed by atoms with Crippen LogP contribution in [-0.4, -0.2) is 68.2 Å². The highest BCUT2D eigenvalue weighted by Crippen LogP contribution is 2.42. The van der Waals surface area contributed by atoms with Gasteiger partial charge in [0.1, 0.15) is 11.4 Å². The number of piperazine rings is 1. The normalized spacial score (nSPS) is 19.9. The third-order valence-electron chi connectivity index (χ3n) is 6.33. The van der Waals surface area contributed by atoms with Gasteiger partial charge in [0.25, 0.3) is 5.88 Å². The van der Waals surface area contributed by atoms with Crippen molar-refractivity contribution < 1.29 is 27.4 Å². The predicted molar refractivity (Wildman–Crippen MR) is 125 cm³/mol. The second-order valence-corrected chi connectivity index (χ2v) is 10.2. The molecule has 1 amide bonds. The van der Waals surface area contributed by atoms with Crippen LogP contribution in [0.1, 0.15) is 38.4 Å². The summed E-state index contributed by atoms with van der Waals surface area (Å²) in [5.74, 6) is 0.0615. The Labute approximate surface area is 205 Å². The van der Waals surface area contributed by atoms with Gasteiger partial charge in [-0.3, -0.25) is 0 Å². The molecule has 9 nitrogen and oxygen atoms in total. The molecule has 0 saturated carbocycles. The fourth-order valence-corrected chi connectivity index (χ4v) is 4.87. The average Bonchev–Trinajstić information content (AvgIpc) is 3.49. The van der Waals surface area contributed by atoms with Crippen LogP contribution >= 0.6 is 0 Å². The van der Waals surface area contributed by atoms with Gasteiger partial charge in [0.15, 0.2) is 0 Å². The molecule has 2 bridgehead atoms. The van der Waals surface area contributed by atoms with Crippen molar-refractivity contribution in [3.8, 4) is 17.1 Å². The summed E-state index contributed by atoms with van der Waals surface area (Å²) in [5, 5.41) is 0. The molecule has 0 aromatic carbocycles. The number of carbonyl (C=O) groups is 1. The predicted octanol–water partition coefficient (Wildman–Crippen LogP) is 4.33. The van der Waals surface area contributed by atoms with E-state index in [1.165, 1.54) is 13.3 Å². The number of hydrogen-bond donors (Lipinski definition) is 0. The number of aromatic nitrogens is 4. The Bertz CT molecular complexity index is 1330. The zero-order valence-corrected chi connectivity index (χ0v) is 20.6. The van der Waals surface area contributed by atoms with Crippen LogP contribution in [-0.2, 0) is 10.9 Å². The molecule has 192 valence electrons. The van der Waals surface area contributed by atoms with Gasteiger partial charge in [-0.2, -0.15) is 13.2 Å². The molecule has 2 atom stereocenters. The summed E-state index contributed by atoms with van der Waals surface area (Å²) in [4.78, 5) is 28.7. The van der Waals surface area contributed by atoms with Crippen LogP contribution in [0.25, 0.3) is 16.9 Å². The molecule has 0 radical (unpaired) electrons. The number of hydrogen-bond acceptors (Lipinski definition) is 7. The molecule has 0 unspecified atom stereocenters. The Morgan fingerprint density at radius 3 is 2.47 bits per heavy atom. The molecule has 5 heterocycles. The number of fused-ring (bicyclic) bond motifs is 3. The van der Waals surface area contributed by atoms with Crippen molar-refractivity contribution in [3.05, 3.63) is 35.9 Å². The number of rotatable bonds is 3. The molecular formula is C24H27F3N6O3. The Morgan fingerprint density at radius 2 is 1.86 bits per heavy atom. The SMILES string of the molecule is COc1nc(-c2cnc(N3C[C@@H]4C[C@H]3CN4C(=O)OC(C)(C)C)c(C(F)(F)F)c2)cn2cc(C)nc12. The van der Waals surface area contributed by atoms with Gasteiger partial charge in [0.2, 0.25) is 5.65 Å². The first kappa shape index (κ1) is 24.1. The topological polar surface area (TPSA) is 85.1 Å². The molecule has 12 heteroatoms. The van der Waals surface area contributed by atoms with Crippen LogP contribution < -0.4 is 9.64 Å². The van der Waals surface area contributed by atoms with Crippen molar-refractivity contribution in [3.63, 3.8) is 0 Å². The van der Waals surface area contributed by atoms with Gasteiger partial charge in [-0.15, -0.1) is 0 Å². The van der Waals surface area contributed by atoms with Crippen LogP contribution in [0.5, 0.6) is 5.88 Å². The summed E-state index contributed by atoms with van der Waals surface area (Å²) in [6, 6.07) is 0.563. The van der Waals surface area contributed by atoms with Gasteiger partial charge in [0.05, 0.1) is 36.1 Å². The Hall–Kier alpha value is -3.57. The van der Waals surface area contributed by atoms with Gasteiger partial charge >= 0.3 is 12.3 Å². The molecule has 2 aliphatic heterocycles. The van der Waals surface area contributed by atoms with Gasteiger partial charge in [-0.1, -0.05) is 0 Å². The Balaban J connectivity index is 1.47. The van der Waals surface area contributed by atoms with Crippen molar-refractivity contribution in [2.24, 2.45) is 0 Å². The van der Waals surface area contributed by atoms with E-state index in [2.05, 4.69) is 15.0 Å². The van der Waals surface area contributed by atoms with E-state index in [0.29, 0.717) is 12.1 Å². The van der Waals surface area contributed by atoms with Crippen molar-refractivity contribution in [1.29, 1.82) is 0 Å². The highest BCUT2D eigenvalue weighted by atomic mass is 19.4. The smallest absolute Gasteiger partial charge is 0.419 e. The minimum atomic E-state index is -4.63. The molecule has 0 N–H and O–H groups in total. The number of likely N-dealkylation sites (tertiary alicyclic amines) is 1. The number of methoxy groups -OCH3 is 1. The number of nitrogens with zero attached hydrogens (tertiary/aromatic N) is 6. The Kier molecular flexibility index (Phi) is 5.53. The first-order chi connectivity index (χ1) is 16.8. The highest BCUT2D eigenvalue weighted by Gasteiger charge is 2.49. The molecule has 2 saturated heterocycles. The lowest BCUT2D eigenvalue weighted by Gasteiger charge is -2.36. The quantitative estimate of drug-likeness (QED) is 0.525. The zero-order chi connectivity index (χ0) is 26.0. The van der Waals surface area contributed by atoms with Crippen LogP contribution in [0, 0.1) is 6.92 Å². The van der Waals surface area contributed by atoms with Gasteiger partial charge < -0.3 is 23.7 Å². The number of ether oxygens (including phenoxy) is 2. The lowest BCUT2D eigenvalue weighted by molar-refractivity contribution is -0.137.